The van der Waals surface area contributed by atoms with E-state index in [0.29, 0.717) is 34.5 Å². The van der Waals surface area contributed by atoms with Gasteiger partial charge in [0.2, 0.25) is 0 Å². The van der Waals surface area contributed by atoms with Crippen molar-refractivity contribution in [3.8, 4) is 17.6 Å². The summed E-state index contributed by atoms with van der Waals surface area (Å²) in [7, 11) is 1.49. The van der Waals surface area contributed by atoms with Crippen LogP contribution in [0, 0.1) is 11.3 Å². The quantitative estimate of drug-likeness (QED) is 0.751. The average molecular weight is 365 g/mol. The lowest BCUT2D eigenvalue weighted by Gasteiger charge is -2.20. The molecular formula is C17H17ClN2O3S. The minimum absolute atomic E-state index is 0.102. The zero-order valence-electron chi connectivity index (χ0n) is 13.4. The van der Waals surface area contributed by atoms with E-state index >= 15 is 0 Å². The van der Waals surface area contributed by atoms with E-state index in [4.69, 9.17) is 26.3 Å². The highest BCUT2D eigenvalue weighted by molar-refractivity contribution is 7.16. The largest absolute Gasteiger partial charge is 0.493 e. The third-order valence-electron chi connectivity index (χ3n) is 3.35. The van der Waals surface area contributed by atoms with Crippen LogP contribution in [-0.2, 0) is 11.3 Å². The summed E-state index contributed by atoms with van der Waals surface area (Å²) >= 11 is 7.37. The number of likely N-dealkylation sites (N-methyl/N-ethyl adjacent to an activating group) is 1. The number of carbonyl (C=O) groups is 1. The van der Waals surface area contributed by atoms with Gasteiger partial charge in [-0.15, -0.1) is 11.3 Å². The Balaban J connectivity index is 1.99. The Labute approximate surface area is 150 Å². The maximum Gasteiger partial charge on any atom is 0.260 e. The lowest BCUT2D eigenvalue weighted by Crippen LogP contribution is -2.34. The first-order valence-corrected chi connectivity index (χ1v) is 8.49. The van der Waals surface area contributed by atoms with Crippen LogP contribution in [0.15, 0.2) is 30.3 Å². The SMILES string of the molecule is CCN(Cc1ccc(Cl)s1)C(=O)COc1ccc(C#N)cc1OC. The number of nitrogens with zero attached hydrogens (tertiary/aromatic N) is 2. The van der Waals surface area contributed by atoms with E-state index < -0.39 is 0 Å². The van der Waals surface area contributed by atoms with Crippen LogP contribution in [0.3, 0.4) is 0 Å². The van der Waals surface area contributed by atoms with E-state index in [-0.39, 0.29) is 12.5 Å². The lowest BCUT2D eigenvalue weighted by molar-refractivity contribution is -0.133. The number of nitriles is 1. The maximum absolute atomic E-state index is 12.4. The van der Waals surface area contributed by atoms with Crippen LogP contribution in [-0.4, -0.2) is 31.1 Å². The molecule has 7 heteroatoms. The third kappa shape index (κ3) is 4.63. The predicted octanol–water partition coefficient (Wildman–Crippen LogP) is 3.71. The summed E-state index contributed by atoms with van der Waals surface area (Å²) in [6.07, 6.45) is 0. The summed E-state index contributed by atoms with van der Waals surface area (Å²) in [5.41, 5.74) is 0.468. The van der Waals surface area contributed by atoms with Crippen molar-refractivity contribution < 1.29 is 14.3 Å². The maximum atomic E-state index is 12.4. The number of hydrogen-bond donors (Lipinski definition) is 0. The number of carbonyl (C=O) groups excluding carboxylic acids is 1. The summed E-state index contributed by atoms with van der Waals surface area (Å²) in [5, 5.41) is 8.90. The first-order valence-electron chi connectivity index (χ1n) is 7.30. The van der Waals surface area contributed by atoms with Gasteiger partial charge in [-0.2, -0.15) is 5.26 Å². The minimum atomic E-state index is -0.131. The Bertz CT molecular complexity index is 755. The second kappa shape index (κ2) is 8.57. The number of halogens is 1. The molecule has 2 aromatic rings. The minimum Gasteiger partial charge on any atom is -0.493 e. The molecule has 0 saturated heterocycles. The molecule has 0 spiro atoms. The van der Waals surface area contributed by atoms with Crippen molar-refractivity contribution in [1.82, 2.24) is 4.90 Å². The molecular weight excluding hydrogens is 348 g/mol. The van der Waals surface area contributed by atoms with Gasteiger partial charge in [-0.05, 0) is 31.2 Å². The van der Waals surface area contributed by atoms with Gasteiger partial charge in [0, 0.05) is 17.5 Å². The molecule has 0 saturated carbocycles. The van der Waals surface area contributed by atoms with Gasteiger partial charge in [0.25, 0.3) is 5.91 Å². The zero-order chi connectivity index (χ0) is 17.5. The molecule has 0 N–H and O–H groups in total. The first-order chi connectivity index (χ1) is 11.6. The second-order valence-electron chi connectivity index (χ2n) is 4.88. The number of hydrogen-bond acceptors (Lipinski definition) is 5. The number of rotatable bonds is 7. The van der Waals surface area contributed by atoms with Gasteiger partial charge in [-0.3, -0.25) is 4.79 Å². The summed E-state index contributed by atoms with van der Waals surface area (Å²) < 4.78 is 11.5. The van der Waals surface area contributed by atoms with Crippen molar-refractivity contribution in [1.29, 1.82) is 5.26 Å². The summed E-state index contributed by atoms with van der Waals surface area (Å²) in [5.74, 6) is 0.725. The van der Waals surface area contributed by atoms with Crippen LogP contribution in [0.2, 0.25) is 4.34 Å². The molecule has 0 bridgehead atoms. The van der Waals surface area contributed by atoms with Crippen LogP contribution < -0.4 is 9.47 Å². The molecule has 0 aliphatic carbocycles. The number of methoxy groups -OCH3 is 1. The molecule has 1 amide bonds. The van der Waals surface area contributed by atoms with Crippen LogP contribution in [0.1, 0.15) is 17.4 Å². The third-order valence-corrected chi connectivity index (χ3v) is 4.57. The topological polar surface area (TPSA) is 62.6 Å². The van der Waals surface area contributed by atoms with E-state index in [9.17, 15) is 4.79 Å². The lowest BCUT2D eigenvalue weighted by atomic mass is 10.2. The molecule has 0 aliphatic rings. The van der Waals surface area contributed by atoms with Gasteiger partial charge in [-0.1, -0.05) is 11.6 Å². The van der Waals surface area contributed by atoms with E-state index in [1.807, 2.05) is 25.1 Å². The Morgan fingerprint density at radius 1 is 1.33 bits per heavy atom. The van der Waals surface area contributed by atoms with Crippen LogP contribution in [0.25, 0.3) is 0 Å². The fraction of sp³-hybridized carbons (Fsp3) is 0.294. The molecule has 0 unspecified atom stereocenters. The van der Waals surface area contributed by atoms with E-state index in [1.54, 1.807) is 23.1 Å². The molecule has 24 heavy (non-hydrogen) atoms. The van der Waals surface area contributed by atoms with Crippen molar-refractivity contribution >= 4 is 28.8 Å². The van der Waals surface area contributed by atoms with Crippen molar-refractivity contribution in [3.05, 3.63) is 45.1 Å². The van der Waals surface area contributed by atoms with Gasteiger partial charge in [0.15, 0.2) is 18.1 Å². The monoisotopic (exact) mass is 364 g/mol. The molecule has 1 heterocycles. The molecule has 1 aromatic heterocycles. The Kier molecular flexibility index (Phi) is 6.47. The molecule has 0 atom stereocenters. The van der Waals surface area contributed by atoms with Gasteiger partial charge in [0.05, 0.1) is 29.6 Å². The summed E-state index contributed by atoms with van der Waals surface area (Å²) in [4.78, 5) is 15.1. The Morgan fingerprint density at radius 3 is 2.71 bits per heavy atom. The fourth-order valence-corrected chi connectivity index (χ4v) is 3.19. The van der Waals surface area contributed by atoms with Crippen LogP contribution >= 0.6 is 22.9 Å². The van der Waals surface area contributed by atoms with Gasteiger partial charge in [0.1, 0.15) is 0 Å². The standard InChI is InChI=1S/C17H17ClN2O3S/c1-3-20(10-13-5-7-16(18)24-13)17(21)11-23-14-6-4-12(9-19)8-15(14)22-2/h4-8H,3,10-11H2,1-2H3. The van der Waals surface area contributed by atoms with E-state index in [0.717, 1.165) is 4.88 Å². The number of benzene rings is 1. The van der Waals surface area contributed by atoms with E-state index in [1.165, 1.54) is 18.4 Å². The van der Waals surface area contributed by atoms with Crippen molar-refractivity contribution in [3.63, 3.8) is 0 Å². The van der Waals surface area contributed by atoms with E-state index in [2.05, 4.69) is 0 Å². The molecule has 2 rings (SSSR count). The average Bonchev–Trinajstić information content (AvgIpc) is 3.02. The van der Waals surface area contributed by atoms with Gasteiger partial charge >= 0.3 is 0 Å². The molecule has 0 radical (unpaired) electrons. The molecule has 0 fully saturated rings. The van der Waals surface area contributed by atoms with Crippen molar-refractivity contribution in [2.75, 3.05) is 20.3 Å². The van der Waals surface area contributed by atoms with Crippen molar-refractivity contribution in [2.45, 2.75) is 13.5 Å². The number of ether oxygens (including phenoxy) is 2. The zero-order valence-corrected chi connectivity index (χ0v) is 15.0. The summed E-state index contributed by atoms with van der Waals surface area (Å²) in [6, 6.07) is 10.6. The summed E-state index contributed by atoms with van der Waals surface area (Å²) in [6.45, 7) is 2.88. The highest BCUT2D eigenvalue weighted by atomic mass is 35.5. The number of amides is 1. The highest BCUT2D eigenvalue weighted by Gasteiger charge is 2.15. The molecule has 5 nitrogen and oxygen atoms in total. The molecule has 126 valence electrons. The van der Waals surface area contributed by atoms with Crippen LogP contribution in [0.4, 0.5) is 0 Å². The Morgan fingerprint density at radius 2 is 2.12 bits per heavy atom. The van der Waals surface area contributed by atoms with Gasteiger partial charge < -0.3 is 14.4 Å². The number of thiophene rings is 1. The second-order valence-corrected chi connectivity index (χ2v) is 6.68. The van der Waals surface area contributed by atoms with Crippen LogP contribution in [0.5, 0.6) is 11.5 Å². The molecule has 1 aromatic carbocycles. The predicted molar refractivity (Wildman–Crippen MR) is 93.6 cm³/mol. The smallest absolute Gasteiger partial charge is 0.260 e. The Hall–Kier alpha value is -2.23. The molecule has 0 aliphatic heterocycles. The first kappa shape index (κ1) is 18.1. The fourth-order valence-electron chi connectivity index (χ4n) is 2.09. The van der Waals surface area contributed by atoms with Crippen molar-refractivity contribution in [2.24, 2.45) is 0 Å². The van der Waals surface area contributed by atoms with Gasteiger partial charge in [-0.25, -0.2) is 0 Å². The normalized spacial score (nSPS) is 10.1. The highest BCUT2D eigenvalue weighted by Crippen LogP contribution is 2.28.